The molecule has 0 bridgehead atoms. The van der Waals surface area contributed by atoms with Crippen LogP contribution in [0.15, 0.2) is 53.4 Å². The molecule has 1 aliphatic rings. The van der Waals surface area contributed by atoms with Crippen LogP contribution in [-0.4, -0.2) is 36.6 Å². The van der Waals surface area contributed by atoms with Crippen molar-refractivity contribution in [1.82, 2.24) is 10.9 Å². The Kier molecular flexibility index (Phi) is 7.13. The number of amides is 3. The normalized spacial score (nSPS) is 12.9. The van der Waals surface area contributed by atoms with Gasteiger partial charge < -0.3 is 9.64 Å². The van der Waals surface area contributed by atoms with Crippen molar-refractivity contribution in [1.29, 1.82) is 0 Å². The molecule has 0 saturated carbocycles. The standard InChI is InChI=1S/C21H23N3O4S/c1-2-15-7-9-16(10-8-15)28-13-20(26)23-22-19(25)11-12-24-17-5-3-4-6-18(17)29-14-21(24)27/h3-10H,2,11-14H2,1H3,(H,22,25)(H,23,26). The van der Waals surface area contributed by atoms with Gasteiger partial charge in [0, 0.05) is 17.9 Å². The van der Waals surface area contributed by atoms with Crippen LogP contribution in [0.2, 0.25) is 0 Å². The van der Waals surface area contributed by atoms with Crippen LogP contribution in [0, 0.1) is 0 Å². The first-order valence-corrected chi connectivity index (χ1v) is 10.4. The third-order valence-electron chi connectivity index (χ3n) is 4.41. The van der Waals surface area contributed by atoms with E-state index in [1.54, 1.807) is 17.0 Å². The Morgan fingerprint density at radius 3 is 2.55 bits per heavy atom. The summed E-state index contributed by atoms with van der Waals surface area (Å²) in [5.41, 5.74) is 6.67. The molecule has 152 valence electrons. The van der Waals surface area contributed by atoms with Crippen molar-refractivity contribution in [2.45, 2.75) is 24.7 Å². The Balaban J connectivity index is 1.40. The number of benzene rings is 2. The molecule has 3 amide bonds. The van der Waals surface area contributed by atoms with Crippen molar-refractivity contribution in [3.05, 3.63) is 54.1 Å². The summed E-state index contributed by atoms with van der Waals surface area (Å²) in [5, 5.41) is 0. The zero-order valence-corrected chi connectivity index (χ0v) is 17.0. The molecule has 2 N–H and O–H groups in total. The van der Waals surface area contributed by atoms with Crippen LogP contribution in [0.4, 0.5) is 5.69 Å². The maximum atomic E-state index is 12.2. The summed E-state index contributed by atoms with van der Waals surface area (Å²) in [4.78, 5) is 38.7. The number of rotatable bonds is 7. The number of hydrogen-bond acceptors (Lipinski definition) is 5. The largest absolute Gasteiger partial charge is 0.484 e. The smallest absolute Gasteiger partial charge is 0.276 e. The van der Waals surface area contributed by atoms with Gasteiger partial charge in [0.1, 0.15) is 5.75 Å². The predicted octanol–water partition coefficient (Wildman–Crippen LogP) is 2.30. The van der Waals surface area contributed by atoms with Crippen molar-refractivity contribution in [2.75, 3.05) is 23.8 Å². The van der Waals surface area contributed by atoms with Crippen LogP contribution in [0.3, 0.4) is 0 Å². The molecule has 0 saturated heterocycles. The molecule has 0 atom stereocenters. The molecule has 0 aliphatic carbocycles. The van der Waals surface area contributed by atoms with Crippen LogP contribution in [0.5, 0.6) is 5.75 Å². The monoisotopic (exact) mass is 413 g/mol. The lowest BCUT2D eigenvalue weighted by Crippen LogP contribution is -2.45. The van der Waals surface area contributed by atoms with Crippen LogP contribution >= 0.6 is 11.8 Å². The summed E-state index contributed by atoms with van der Waals surface area (Å²) >= 11 is 1.49. The number of para-hydroxylation sites is 1. The highest BCUT2D eigenvalue weighted by atomic mass is 32.2. The fraction of sp³-hybridized carbons (Fsp3) is 0.286. The number of thioether (sulfide) groups is 1. The third kappa shape index (κ3) is 5.74. The maximum absolute atomic E-state index is 12.2. The van der Waals surface area contributed by atoms with E-state index >= 15 is 0 Å². The van der Waals surface area contributed by atoms with Gasteiger partial charge in [-0.3, -0.25) is 25.2 Å². The second-order valence-electron chi connectivity index (χ2n) is 6.43. The van der Waals surface area contributed by atoms with E-state index in [-0.39, 0.29) is 31.4 Å². The Morgan fingerprint density at radius 2 is 1.79 bits per heavy atom. The number of anilines is 1. The lowest BCUT2D eigenvalue weighted by atomic mass is 10.2. The first-order valence-electron chi connectivity index (χ1n) is 9.38. The van der Waals surface area contributed by atoms with Gasteiger partial charge >= 0.3 is 0 Å². The van der Waals surface area contributed by atoms with Crippen LogP contribution in [0.25, 0.3) is 0 Å². The minimum absolute atomic E-state index is 0.0342. The SMILES string of the molecule is CCc1ccc(OCC(=O)NNC(=O)CCN2C(=O)CSc3ccccc32)cc1. The summed E-state index contributed by atoms with van der Waals surface area (Å²) in [6.45, 7) is 2.10. The molecular formula is C21H23N3O4S. The molecule has 0 unspecified atom stereocenters. The zero-order valence-electron chi connectivity index (χ0n) is 16.1. The van der Waals surface area contributed by atoms with E-state index in [0.29, 0.717) is 11.5 Å². The van der Waals surface area contributed by atoms with Gasteiger partial charge in [-0.2, -0.15) is 0 Å². The molecule has 8 heteroatoms. The number of aryl methyl sites for hydroxylation is 1. The van der Waals surface area contributed by atoms with Crippen molar-refractivity contribution in [3.63, 3.8) is 0 Å². The first-order chi connectivity index (χ1) is 14.1. The fourth-order valence-corrected chi connectivity index (χ4v) is 3.76. The number of nitrogens with zero attached hydrogens (tertiary/aromatic N) is 1. The second-order valence-corrected chi connectivity index (χ2v) is 7.45. The van der Waals surface area contributed by atoms with Crippen LogP contribution < -0.4 is 20.5 Å². The number of nitrogens with one attached hydrogen (secondary N) is 2. The van der Waals surface area contributed by atoms with E-state index in [0.717, 1.165) is 17.0 Å². The Bertz CT molecular complexity index is 886. The quantitative estimate of drug-likeness (QED) is 0.680. The predicted molar refractivity (Wildman–Crippen MR) is 112 cm³/mol. The van der Waals surface area contributed by atoms with Gasteiger partial charge in [0.15, 0.2) is 6.61 Å². The van der Waals surface area contributed by atoms with Gasteiger partial charge in [-0.25, -0.2) is 0 Å². The Hall–Kier alpha value is -3.00. The van der Waals surface area contributed by atoms with Crippen molar-refractivity contribution >= 4 is 35.2 Å². The van der Waals surface area contributed by atoms with Crippen molar-refractivity contribution in [3.8, 4) is 5.75 Å². The van der Waals surface area contributed by atoms with Gasteiger partial charge in [-0.05, 0) is 36.2 Å². The highest BCUT2D eigenvalue weighted by molar-refractivity contribution is 8.00. The lowest BCUT2D eigenvalue weighted by molar-refractivity contribution is -0.130. The van der Waals surface area contributed by atoms with E-state index in [1.807, 2.05) is 36.4 Å². The summed E-state index contributed by atoms with van der Waals surface area (Å²) in [6.07, 6.45) is 1.00. The highest BCUT2D eigenvalue weighted by Crippen LogP contribution is 2.34. The minimum atomic E-state index is -0.464. The van der Waals surface area contributed by atoms with E-state index < -0.39 is 5.91 Å². The van der Waals surface area contributed by atoms with E-state index in [9.17, 15) is 14.4 Å². The number of hydrogen-bond donors (Lipinski definition) is 2. The second kappa shape index (κ2) is 9.97. The molecule has 7 nitrogen and oxygen atoms in total. The average Bonchev–Trinajstić information content (AvgIpc) is 2.76. The topological polar surface area (TPSA) is 87.7 Å². The molecule has 0 spiro atoms. The number of ether oxygens (including phenoxy) is 1. The summed E-state index contributed by atoms with van der Waals surface area (Å²) in [7, 11) is 0. The molecule has 1 heterocycles. The number of hydrazine groups is 1. The molecule has 2 aromatic carbocycles. The molecule has 1 aliphatic heterocycles. The van der Waals surface area contributed by atoms with Gasteiger partial charge in [0.2, 0.25) is 11.8 Å². The molecule has 3 rings (SSSR count). The van der Waals surface area contributed by atoms with Gasteiger partial charge in [-0.1, -0.05) is 31.2 Å². The number of carbonyl (C=O) groups is 3. The number of carbonyl (C=O) groups excluding carboxylic acids is 3. The highest BCUT2D eigenvalue weighted by Gasteiger charge is 2.24. The average molecular weight is 413 g/mol. The molecule has 0 aromatic heterocycles. The first kappa shape index (κ1) is 20.7. The van der Waals surface area contributed by atoms with Gasteiger partial charge in [-0.15, -0.1) is 11.8 Å². The Labute approximate surface area is 173 Å². The van der Waals surface area contributed by atoms with E-state index in [1.165, 1.54) is 17.3 Å². The third-order valence-corrected chi connectivity index (χ3v) is 5.46. The van der Waals surface area contributed by atoms with Gasteiger partial charge in [0.25, 0.3) is 5.91 Å². The molecule has 29 heavy (non-hydrogen) atoms. The lowest BCUT2D eigenvalue weighted by Gasteiger charge is -2.28. The maximum Gasteiger partial charge on any atom is 0.276 e. The summed E-state index contributed by atoms with van der Waals surface area (Å²) < 4.78 is 5.39. The fourth-order valence-electron chi connectivity index (χ4n) is 2.82. The van der Waals surface area contributed by atoms with E-state index in [2.05, 4.69) is 17.8 Å². The minimum Gasteiger partial charge on any atom is -0.484 e. The molecule has 2 aromatic rings. The molecule has 0 radical (unpaired) electrons. The van der Waals surface area contributed by atoms with Crippen LogP contribution in [-0.2, 0) is 20.8 Å². The zero-order chi connectivity index (χ0) is 20.6. The van der Waals surface area contributed by atoms with Gasteiger partial charge in [0.05, 0.1) is 11.4 Å². The Morgan fingerprint density at radius 1 is 1.07 bits per heavy atom. The molecular weight excluding hydrogens is 390 g/mol. The summed E-state index contributed by atoms with van der Waals surface area (Å²) in [5.74, 6) is 0.0612. The van der Waals surface area contributed by atoms with Crippen molar-refractivity contribution < 1.29 is 19.1 Å². The van der Waals surface area contributed by atoms with E-state index in [4.69, 9.17) is 4.74 Å². The van der Waals surface area contributed by atoms with Crippen LogP contribution in [0.1, 0.15) is 18.9 Å². The van der Waals surface area contributed by atoms with Crippen molar-refractivity contribution in [2.24, 2.45) is 0 Å². The summed E-state index contributed by atoms with van der Waals surface area (Å²) in [6, 6.07) is 15.1. The number of fused-ring (bicyclic) bond motifs is 1. The molecule has 0 fully saturated rings.